The van der Waals surface area contributed by atoms with Gasteiger partial charge in [0, 0.05) is 32.4 Å². The lowest BCUT2D eigenvalue weighted by atomic mass is 10.1. The Kier molecular flexibility index (Phi) is 4.55. The van der Waals surface area contributed by atoms with Crippen LogP contribution in [-0.4, -0.2) is 31.3 Å². The van der Waals surface area contributed by atoms with Crippen LogP contribution in [0.4, 0.5) is 5.82 Å². The Morgan fingerprint density at radius 1 is 1.39 bits per heavy atom. The number of ether oxygens (including phenoxy) is 1. The van der Waals surface area contributed by atoms with E-state index in [0.29, 0.717) is 12.6 Å². The molecule has 0 aliphatic carbocycles. The van der Waals surface area contributed by atoms with Gasteiger partial charge in [0.25, 0.3) is 0 Å². The van der Waals surface area contributed by atoms with Crippen molar-refractivity contribution in [2.45, 2.75) is 38.8 Å². The minimum absolute atomic E-state index is 0.407. The Balaban J connectivity index is 2.13. The monoisotopic (exact) mass is 249 g/mol. The molecule has 4 nitrogen and oxygen atoms in total. The fourth-order valence-electron chi connectivity index (χ4n) is 2.41. The number of nitrogens with zero attached hydrogens (tertiary/aromatic N) is 2. The van der Waals surface area contributed by atoms with Crippen molar-refractivity contribution in [2.75, 3.05) is 25.1 Å². The highest BCUT2D eigenvalue weighted by Crippen LogP contribution is 2.21. The number of pyridine rings is 1. The summed E-state index contributed by atoms with van der Waals surface area (Å²) in [6.45, 7) is 4.74. The number of methoxy groups -OCH3 is 1. The van der Waals surface area contributed by atoms with E-state index in [1.54, 1.807) is 7.11 Å². The van der Waals surface area contributed by atoms with Crippen LogP contribution in [0, 0.1) is 0 Å². The third-order valence-electron chi connectivity index (χ3n) is 3.62. The van der Waals surface area contributed by atoms with E-state index in [9.17, 15) is 0 Å². The summed E-state index contributed by atoms with van der Waals surface area (Å²) in [4.78, 5) is 7.05. The number of hydrogen-bond acceptors (Lipinski definition) is 4. The van der Waals surface area contributed by atoms with E-state index < -0.39 is 0 Å². The molecule has 0 saturated carbocycles. The molecule has 2 N–H and O–H groups in total. The van der Waals surface area contributed by atoms with Gasteiger partial charge < -0.3 is 15.4 Å². The fourth-order valence-corrected chi connectivity index (χ4v) is 2.41. The van der Waals surface area contributed by atoms with Crippen LogP contribution in [0.2, 0.25) is 0 Å². The van der Waals surface area contributed by atoms with Crippen molar-refractivity contribution < 1.29 is 4.74 Å². The minimum Gasteiger partial charge on any atom is -0.381 e. The highest BCUT2D eigenvalue weighted by molar-refractivity contribution is 5.43. The van der Waals surface area contributed by atoms with Crippen molar-refractivity contribution in [1.29, 1.82) is 0 Å². The van der Waals surface area contributed by atoms with E-state index in [0.717, 1.165) is 43.9 Å². The highest BCUT2D eigenvalue weighted by Gasteiger charge is 2.20. The zero-order chi connectivity index (χ0) is 13.0. The molecule has 0 radical (unpaired) electrons. The van der Waals surface area contributed by atoms with E-state index in [-0.39, 0.29) is 0 Å². The first-order valence-corrected chi connectivity index (χ1v) is 6.74. The predicted molar refractivity (Wildman–Crippen MR) is 73.8 cm³/mol. The lowest BCUT2D eigenvalue weighted by molar-refractivity contribution is 0.0818. The van der Waals surface area contributed by atoms with Gasteiger partial charge in [0.1, 0.15) is 5.82 Å². The number of aryl methyl sites for hydroxylation is 1. The van der Waals surface area contributed by atoms with Crippen LogP contribution in [0.1, 0.15) is 31.0 Å². The van der Waals surface area contributed by atoms with Crippen molar-refractivity contribution in [3.8, 4) is 0 Å². The second-order valence-electron chi connectivity index (χ2n) is 4.80. The van der Waals surface area contributed by atoms with Gasteiger partial charge in [-0.3, -0.25) is 0 Å². The van der Waals surface area contributed by atoms with E-state index in [1.165, 1.54) is 5.56 Å². The van der Waals surface area contributed by atoms with Gasteiger partial charge >= 0.3 is 0 Å². The van der Waals surface area contributed by atoms with E-state index >= 15 is 0 Å². The molecule has 1 saturated heterocycles. The third-order valence-corrected chi connectivity index (χ3v) is 3.62. The van der Waals surface area contributed by atoms with Crippen LogP contribution in [0.3, 0.4) is 0 Å². The van der Waals surface area contributed by atoms with Gasteiger partial charge in [0.2, 0.25) is 0 Å². The van der Waals surface area contributed by atoms with Gasteiger partial charge in [-0.1, -0.05) is 6.92 Å². The third kappa shape index (κ3) is 3.00. The summed E-state index contributed by atoms with van der Waals surface area (Å²) in [5.74, 6) is 1.07. The molecule has 100 valence electrons. The predicted octanol–water partition coefficient (Wildman–Crippen LogP) is 1.72. The van der Waals surface area contributed by atoms with Crippen molar-refractivity contribution in [2.24, 2.45) is 5.73 Å². The SMILES string of the molecule is CCc1cc(CN)cc(N2CCC(OC)CC2)n1. The lowest BCUT2D eigenvalue weighted by Gasteiger charge is -2.32. The maximum Gasteiger partial charge on any atom is 0.129 e. The summed E-state index contributed by atoms with van der Waals surface area (Å²) in [7, 11) is 1.79. The molecule has 0 unspecified atom stereocenters. The number of aromatic nitrogens is 1. The lowest BCUT2D eigenvalue weighted by Crippen LogP contribution is -2.37. The molecule has 1 aliphatic rings. The Morgan fingerprint density at radius 2 is 2.11 bits per heavy atom. The molecule has 0 spiro atoms. The summed E-state index contributed by atoms with van der Waals surface area (Å²) < 4.78 is 5.40. The van der Waals surface area contributed by atoms with Gasteiger partial charge in [0.15, 0.2) is 0 Å². The van der Waals surface area contributed by atoms with Crippen LogP contribution in [0.5, 0.6) is 0 Å². The normalized spacial score (nSPS) is 17.2. The Labute approximate surface area is 109 Å². The second-order valence-corrected chi connectivity index (χ2v) is 4.80. The van der Waals surface area contributed by atoms with Crippen LogP contribution < -0.4 is 10.6 Å². The molecule has 1 fully saturated rings. The first-order chi connectivity index (χ1) is 8.76. The zero-order valence-electron chi connectivity index (χ0n) is 11.4. The molecule has 0 aromatic carbocycles. The summed E-state index contributed by atoms with van der Waals surface area (Å²) >= 11 is 0. The van der Waals surface area contributed by atoms with Gasteiger partial charge in [-0.15, -0.1) is 0 Å². The summed E-state index contributed by atoms with van der Waals surface area (Å²) in [5.41, 5.74) is 8.05. The smallest absolute Gasteiger partial charge is 0.129 e. The molecule has 2 heterocycles. The number of rotatable bonds is 4. The maximum atomic E-state index is 5.75. The molecule has 1 aliphatic heterocycles. The van der Waals surface area contributed by atoms with E-state index in [4.69, 9.17) is 15.5 Å². The number of piperidine rings is 1. The summed E-state index contributed by atoms with van der Waals surface area (Å²) in [6.07, 6.45) is 3.51. The van der Waals surface area contributed by atoms with Gasteiger partial charge in [0.05, 0.1) is 6.10 Å². The molecule has 1 aromatic rings. The standard InChI is InChI=1S/C14H23N3O/c1-3-12-8-11(10-15)9-14(16-12)17-6-4-13(18-2)5-7-17/h8-9,13H,3-7,10,15H2,1-2H3. The number of nitrogens with two attached hydrogens (primary N) is 1. The summed E-state index contributed by atoms with van der Waals surface area (Å²) in [6, 6.07) is 4.22. The second kappa shape index (κ2) is 6.16. The molecular weight excluding hydrogens is 226 g/mol. The molecule has 4 heteroatoms. The first kappa shape index (κ1) is 13.3. The highest BCUT2D eigenvalue weighted by atomic mass is 16.5. The molecule has 0 atom stereocenters. The van der Waals surface area contributed by atoms with Crippen LogP contribution in [0.15, 0.2) is 12.1 Å². The zero-order valence-corrected chi connectivity index (χ0v) is 11.4. The number of anilines is 1. The van der Waals surface area contributed by atoms with Gasteiger partial charge in [-0.25, -0.2) is 4.98 Å². The van der Waals surface area contributed by atoms with Crippen molar-refractivity contribution in [3.63, 3.8) is 0 Å². The van der Waals surface area contributed by atoms with Crippen LogP contribution >= 0.6 is 0 Å². The van der Waals surface area contributed by atoms with Crippen LogP contribution in [-0.2, 0) is 17.7 Å². The molecule has 0 bridgehead atoms. The Hall–Kier alpha value is -1.13. The van der Waals surface area contributed by atoms with Crippen LogP contribution in [0.25, 0.3) is 0 Å². The quantitative estimate of drug-likeness (QED) is 0.882. The molecule has 2 rings (SSSR count). The fraction of sp³-hybridized carbons (Fsp3) is 0.643. The topological polar surface area (TPSA) is 51.4 Å². The average molecular weight is 249 g/mol. The van der Waals surface area contributed by atoms with Crippen molar-refractivity contribution in [3.05, 3.63) is 23.4 Å². The molecule has 18 heavy (non-hydrogen) atoms. The van der Waals surface area contributed by atoms with E-state index in [1.807, 2.05) is 0 Å². The minimum atomic E-state index is 0.407. The van der Waals surface area contributed by atoms with Gasteiger partial charge in [-0.05, 0) is 37.0 Å². The average Bonchev–Trinajstić information content (AvgIpc) is 2.46. The largest absolute Gasteiger partial charge is 0.381 e. The van der Waals surface area contributed by atoms with E-state index in [2.05, 4.69) is 24.0 Å². The summed E-state index contributed by atoms with van der Waals surface area (Å²) in [5, 5.41) is 0. The first-order valence-electron chi connectivity index (χ1n) is 6.74. The van der Waals surface area contributed by atoms with Crippen molar-refractivity contribution >= 4 is 5.82 Å². The molecular formula is C14H23N3O. The maximum absolute atomic E-state index is 5.75. The Morgan fingerprint density at radius 3 is 2.67 bits per heavy atom. The molecule has 1 aromatic heterocycles. The number of hydrogen-bond donors (Lipinski definition) is 1. The van der Waals surface area contributed by atoms with Gasteiger partial charge in [-0.2, -0.15) is 0 Å². The Bertz CT molecular complexity index is 364. The molecule has 0 amide bonds. The van der Waals surface area contributed by atoms with Crippen molar-refractivity contribution in [1.82, 2.24) is 4.98 Å².